The van der Waals surface area contributed by atoms with Gasteiger partial charge in [0.15, 0.2) is 0 Å². The Balaban J connectivity index is 1.73. The number of benzene rings is 2. The lowest BCUT2D eigenvalue weighted by Crippen LogP contribution is -2.33. The molecule has 3 aromatic rings. The fourth-order valence-corrected chi connectivity index (χ4v) is 3.29. The minimum atomic E-state index is -0.815. The number of nitrogens with zero attached hydrogens (tertiary/aromatic N) is 3. The minimum absolute atomic E-state index is 0.0451. The Hall–Kier alpha value is -2.77. The van der Waals surface area contributed by atoms with E-state index in [1.807, 2.05) is 49.1 Å². The number of likely N-dealkylation sites (N-methyl/N-ethyl adjacent to an activating group) is 1. The second-order valence-electron chi connectivity index (χ2n) is 6.55. The van der Waals surface area contributed by atoms with Crippen molar-refractivity contribution >= 4 is 23.2 Å². The van der Waals surface area contributed by atoms with Crippen LogP contribution in [-0.2, 0) is 11.3 Å². The summed E-state index contributed by atoms with van der Waals surface area (Å²) in [6.07, 6.45) is 0. The van der Waals surface area contributed by atoms with Crippen LogP contribution in [0.25, 0.3) is 5.69 Å². The summed E-state index contributed by atoms with van der Waals surface area (Å²) in [6, 6.07) is 12.9. The van der Waals surface area contributed by atoms with Gasteiger partial charge in [0.2, 0.25) is 5.91 Å². The number of carbonyl (C=O) groups excluding carboxylic acids is 1. The number of hydrogen-bond donors (Lipinski definition) is 1. The molecule has 0 radical (unpaired) electrons. The summed E-state index contributed by atoms with van der Waals surface area (Å²) >= 11 is 6.55. The Bertz CT molecular complexity index is 987. The van der Waals surface area contributed by atoms with Crippen molar-refractivity contribution in [3.05, 3.63) is 76.6 Å². The van der Waals surface area contributed by atoms with Crippen LogP contribution in [0.2, 0.25) is 5.15 Å². The fraction of sp³-hybridized carbons (Fsp3) is 0.238. The van der Waals surface area contributed by atoms with Gasteiger partial charge in [0.1, 0.15) is 22.5 Å². The molecule has 152 valence electrons. The second kappa shape index (κ2) is 9.15. The van der Waals surface area contributed by atoms with Crippen molar-refractivity contribution in [3.8, 4) is 5.69 Å². The molecule has 0 aliphatic carbocycles. The highest BCUT2D eigenvalue weighted by atomic mass is 35.5. The van der Waals surface area contributed by atoms with Crippen molar-refractivity contribution in [1.29, 1.82) is 0 Å². The number of carbonyl (C=O) groups is 1. The molecule has 0 saturated heterocycles. The van der Waals surface area contributed by atoms with Gasteiger partial charge >= 0.3 is 0 Å². The van der Waals surface area contributed by atoms with Gasteiger partial charge in [-0.1, -0.05) is 42.8 Å². The molecular weight excluding hydrogens is 398 g/mol. The third-order valence-corrected chi connectivity index (χ3v) is 4.93. The van der Waals surface area contributed by atoms with Crippen LogP contribution in [0.4, 0.5) is 14.5 Å². The Labute approximate surface area is 172 Å². The predicted molar refractivity (Wildman–Crippen MR) is 109 cm³/mol. The van der Waals surface area contributed by atoms with E-state index in [1.54, 1.807) is 4.68 Å². The first kappa shape index (κ1) is 21.0. The number of halogens is 3. The minimum Gasteiger partial charge on any atom is -0.320 e. The summed E-state index contributed by atoms with van der Waals surface area (Å²) in [5.41, 5.74) is 1.93. The van der Waals surface area contributed by atoms with Gasteiger partial charge in [-0.2, -0.15) is 5.10 Å². The summed E-state index contributed by atoms with van der Waals surface area (Å²) in [5.74, 6) is -2.14. The fourth-order valence-electron chi connectivity index (χ4n) is 2.95. The van der Waals surface area contributed by atoms with Crippen LogP contribution in [0.5, 0.6) is 0 Å². The Morgan fingerprint density at radius 2 is 1.79 bits per heavy atom. The normalized spacial score (nSPS) is 11.1. The van der Waals surface area contributed by atoms with Gasteiger partial charge in [0.05, 0.1) is 17.9 Å². The Kier molecular flexibility index (Phi) is 6.61. The summed E-state index contributed by atoms with van der Waals surface area (Å²) in [5, 5.41) is 7.27. The number of amides is 1. The molecule has 0 bridgehead atoms. The molecule has 3 rings (SSSR count). The molecular formula is C21H21ClF2N4O. The first-order valence-corrected chi connectivity index (χ1v) is 9.54. The van der Waals surface area contributed by atoms with Gasteiger partial charge in [0, 0.05) is 12.1 Å². The monoisotopic (exact) mass is 418 g/mol. The van der Waals surface area contributed by atoms with E-state index < -0.39 is 23.2 Å². The first-order valence-electron chi connectivity index (χ1n) is 9.16. The molecule has 0 atom stereocenters. The zero-order chi connectivity index (χ0) is 21.0. The van der Waals surface area contributed by atoms with Crippen LogP contribution in [0.3, 0.4) is 0 Å². The van der Waals surface area contributed by atoms with Crippen molar-refractivity contribution in [3.63, 3.8) is 0 Å². The van der Waals surface area contributed by atoms with E-state index in [1.165, 1.54) is 6.07 Å². The third-order valence-electron chi connectivity index (χ3n) is 4.55. The molecule has 1 N–H and O–H groups in total. The molecule has 0 aliphatic heterocycles. The Morgan fingerprint density at radius 3 is 2.41 bits per heavy atom. The van der Waals surface area contributed by atoms with Crippen molar-refractivity contribution in [2.75, 3.05) is 18.4 Å². The van der Waals surface area contributed by atoms with E-state index in [-0.39, 0.29) is 6.54 Å². The van der Waals surface area contributed by atoms with Crippen LogP contribution in [0.1, 0.15) is 18.2 Å². The lowest BCUT2D eigenvalue weighted by Gasteiger charge is -2.20. The zero-order valence-electron chi connectivity index (χ0n) is 16.1. The van der Waals surface area contributed by atoms with Crippen LogP contribution < -0.4 is 5.32 Å². The van der Waals surface area contributed by atoms with Crippen molar-refractivity contribution in [1.82, 2.24) is 14.7 Å². The zero-order valence-corrected chi connectivity index (χ0v) is 16.9. The van der Waals surface area contributed by atoms with Crippen molar-refractivity contribution in [2.45, 2.75) is 20.4 Å². The molecule has 29 heavy (non-hydrogen) atoms. The van der Waals surface area contributed by atoms with E-state index >= 15 is 0 Å². The highest BCUT2D eigenvalue weighted by molar-refractivity contribution is 6.30. The topological polar surface area (TPSA) is 50.2 Å². The number of hydrogen-bond acceptors (Lipinski definition) is 3. The standard InChI is InChI=1S/C21H21ClF2N4O/c1-3-27(13-19(29)25-20-17(23)10-7-11-18(20)24)12-16-14(2)26-28(21(16)22)15-8-5-4-6-9-15/h4-11H,3,12-13H2,1-2H3,(H,25,29). The molecule has 8 heteroatoms. The molecule has 0 spiro atoms. The molecule has 0 aliphatic rings. The quantitative estimate of drug-likeness (QED) is 0.611. The maximum absolute atomic E-state index is 13.7. The lowest BCUT2D eigenvalue weighted by molar-refractivity contribution is -0.117. The maximum atomic E-state index is 13.7. The van der Waals surface area contributed by atoms with Crippen LogP contribution in [-0.4, -0.2) is 33.7 Å². The Morgan fingerprint density at radius 1 is 1.14 bits per heavy atom. The average molecular weight is 419 g/mol. The van der Waals surface area contributed by atoms with E-state index in [4.69, 9.17) is 11.6 Å². The number of rotatable bonds is 7. The molecule has 0 unspecified atom stereocenters. The molecule has 0 fully saturated rings. The van der Waals surface area contributed by atoms with Crippen LogP contribution >= 0.6 is 11.6 Å². The highest BCUT2D eigenvalue weighted by Crippen LogP contribution is 2.25. The van der Waals surface area contributed by atoms with Crippen molar-refractivity contribution < 1.29 is 13.6 Å². The average Bonchev–Trinajstić information content (AvgIpc) is 2.99. The van der Waals surface area contributed by atoms with Gasteiger partial charge in [-0.25, -0.2) is 13.5 Å². The first-order chi connectivity index (χ1) is 13.9. The molecule has 0 saturated carbocycles. The summed E-state index contributed by atoms with van der Waals surface area (Å²) in [6.45, 7) is 4.61. The third kappa shape index (κ3) is 4.81. The van der Waals surface area contributed by atoms with E-state index in [9.17, 15) is 13.6 Å². The van der Waals surface area contributed by atoms with Gasteiger partial charge in [-0.3, -0.25) is 9.69 Å². The largest absolute Gasteiger partial charge is 0.320 e. The summed E-state index contributed by atoms with van der Waals surface area (Å²) < 4.78 is 29.1. The van der Waals surface area contributed by atoms with Gasteiger partial charge in [-0.15, -0.1) is 0 Å². The molecule has 1 heterocycles. The summed E-state index contributed by atoms with van der Waals surface area (Å²) in [4.78, 5) is 14.2. The number of aromatic nitrogens is 2. The van der Waals surface area contributed by atoms with E-state index in [0.717, 1.165) is 29.1 Å². The molecule has 2 aromatic carbocycles. The molecule has 5 nitrogen and oxygen atoms in total. The van der Waals surface area contributed by atoms with Gasteiger partial charge < -0.3 is 5.32 Å². The van der Waals surface area contributed by atoms with E-state index in [0.29, 0.717) is 18.2 Å². The van der Waals surface area contributed by atoms with Gasteiger partial charge in [0.25, 0.3) is 0 Å². The highest BCUT2D eigenvalue weighted by Gasteiger charge is 2.19. The van der Waals surface area contributed by atoms with Crippen LogP contribution in [0, 0.1) is 18.6 Å². The SMILES string of the molecule is CCN(CC(=O)Nc1c(F)cccc1F)Cc1c(C)nn(-c2ccccc2)c1Cl. The number of para-hydroxylation sites is 2. The second-order valence-corrected chi connectivity index (χ2v) is 6.91. The van der Waals surface area contributed by atoms with Gasteiger partial charge in [-0.05, 0) is 37.7 Å². The molecule has 1 amide bonds. The smallest absolute Gasteiger partial charge is 0.238 e. The van der Waals surface area contributed by atoms with E-state index in [2.05, 4.69) is 10.4 Å². The molecule has 1 aromatic heterocycles. The predicted octanol–water partition coefficient (Wildman–Crippen LogP) is 4.57. The van der Waals surface area contributed by atoms with Crippen LogP contribution in [0.15, 0.2) is 48.5 Å². The lowest BCUT2D eigenvalue weighted by atomic mass is 10.2. The van der Waals surface area contributed by atoms with Crippen molar-refractivity contribution in [2.24, 2.45) is 0 Å². The number of aryl methyl sites for hydroxylation is 1. The summed E-state index contributed by atoms with van der Waals surface area (Å²) in [7, 11) is 0. The number of nitrogens with one attached hydrogen (secondary N) is 1. The maximum Gasteiger partial charge on any atom is 0.238 e. The number of anilines is 1.